The Labute approximate surface area is 136 Å². The topological polar surface area (TPSA) is 71.5 Å². The van der Waals surface area contributed by atoms with Crippen molar-refractivity contribution in [2.45, 2.75) is 29.2 Å². The van der Waals surface area contributed by atoms with Crippen molar-refractivity contribution in [2.24, 2.45) is 0 Å². The van der Waals surface area contributed by atoms with E-state index in [0.29, 0.717) is 12.1 Å². The molecule has 3 rings (SSSR count). The standard InChI is InChI=1S/C16H17NO4S2/c1-12-10-13-6-3-4-9-16(13)17(12)23(20,21)15-8-5-7-14(11-15)22(2,18)19/h3-9,11-12H,10H2,1-2H3. The van der Waals surface area contributed by atoms with E-state index in [0.717, 1.165) is 11.8 Å². The van der Waals surface area contributed by atoms with Crippen molar-refractivity contribution in [3.05, 3.63) is 54.1 Å². The average molecular weight is 351 g/mol. The van der Waals surface area contributed by atoms with Crippen LogP contribution in [0.25, 0.3) is 0 Å². The number of fused-ring (bicyclic) bond motifs is 1. The van der Waals surface area contributed by atoms with Gasteiger partial charge in [0.1, 0.15) is 0 Å². The second kappa shape index (κ2) is 5.35. The Bertz CT molecular complexity index is 965. The molecule has 0 saturated heterocycles. The van der Waals surface area contributed by atoms with E-state index in [-0.39, 0.29) is 15.8 Å². The van der Waals surface area contributed by atoms with Gasteiger partial charge < -0.3 is 0 Å². The van der Waals surface area contributed by atoms with Crippen LogP contribution in [0.2, 0.25) is 0 Å². The Morgan fingerprint density at radius 1 is 0.957 bits per heavy atom. The zero-order valence-electron chi connectivity index (χ0n) is 12.8. The third kappa shape index (κ3) is 2.74. The summed E-state index contributed by atoms with van der Waals surface area (Å²) in [4.78, 5) is -0.0114. The van der Waals surface area contributed by atoms with Gasteiger partial charge in [0.2, 0.25) is 0 Å². The average Bonchev–Trinajstić information content (AvgIpc) is 2.83. The zero-order valence-corrected chi connectivity index (χ0v) is 14.4. The molecule has 7 heteroatoms. The Kier molecular flexibility index (Phi) is 3.72. The summed E-state index contributed by atoms with van der Waals surface area (Å²) in [6.07, 6.45) is 1.70. The molecule has 0 N–H and O–H groups in total. The van der Waals surface area contributed by atoms with Crippen LogP contribution in [0.4, 0.5) is 5.69 Å². The fourth-order valence-electron chi connectivity index (χ4n) is 2.88. The van der Waals surface area contributed by atoms with Gasteiger partial charge in [-0.1, -0.05) is 24.3 Å². The summed E-state index contributed by atoms with van der Waals surface area (Å²) in [7, 11) is -7.28. The molecule has 1 heterocycles. The van der Waals surface area contributed by atoms with Gasteiger partial charge in [-0.15, -0.1) is 0 Å². The van der Waals surface area contributed by atoms with E-state index in [1.807, 2.05) is 19.1 Å². The molecule has 1 unspecified atom stereocenters. The van der Waals surface area contributed by atoms with Gasteiger partial charge in [0, 0.05) is 12.3 Å². The van der Waals surface area contributed by atoms with Crippen LogP contribution in [0.15, 0.2) is 58.3 Å². The normalized spacial score (nSPS) is 18.0. The molecule has 2 aromatic rings. The van der Waals surface area contributed by atoms with E-state index in [4.69, 9.17) is 0 Å². The maximum Gasteiger partial charge on any atom is 0.264 e. The number of para-hydroxylation sites is 1. The fourth-order valence-corrected chi connectivity index (χ4v) is 5.36. The summed E-state index contributed by atoms with van der Waals surface area (Å²) < 4.78 is 50.8. The largest absolute Gasteiger partial charge is 0.264 e. The van der Waals surface area contributed by atoms with Gasteiger partial charge in [0.25, 0.3) is 10.0 Å². The Morgan fingerprint density at radius 3 is 2.30 bits per heavy atom. The summed E-state index contributed by atoms with van der Waals surface area (Å²) in [6, 6.07) is 12.7. The molecule has 5 nitrogen and oxygen atoms in total. The molecule has 0 bridgehead atoms. The highest BCUT2D eigenvalue weighted by molar-refractivity contribution is 7.93. The monoisotopic (exact) mass is 351 g/mol. The molecule has 1 aliphatic rings. The lowest BCUT2D eigenvalue weighted by atomic mass is 10.1. The van der Waals surface area contributed by atoms with Crippen LogP contribution in [-0.4, -0.2) is 29.1 Å². The molecule has 122 valence electrons. The Balaban J connectivity index is 2.13. The van der Waals surface area contributed by atoms with Crippen molar-refractivity contribution in [1.82, 2.24) is 0 Å². The fraction of sp³-hybridized carbons (Fsp3) is 0.250. The van der Waals surface area contributed by atoms with Crippen LogP contribution in [0, 0.1) is 0 Å². The quantitative estimate of drug-likeness (QED) is 0.850. The van der Waals surface area contributed by atoms with E-state index in [1.54, 1.807) is 12.1 Å². The molecule has 1 aliphatic heterocycles. The number of nitrogens with zero attached hydrogens (tertiary/aromatic N) is 1. The third-order valence-corrected chi connectivity index (χ3v) is 6.97. The molecule has 0 fully saturated rings. The van der Waals surface area contributed by atoms with E-state index >= 15 is 0 Å². The van der Waals surface area contributed by atoms with Crippen molar-refractivity contribution < 1.29 is 16.8 Å². The van der Waals surface area contributed by atoms with E-state index in [1.165, 1.54) is 28.6 Å². The van der Waals surface area contributed by atoms with Crippen LogP contribution < -0.4 is 4.31 Å². The van der Waals surface area contributed by atoms with Crippen molar-refractivity contribution in [3.63, 3.8) is 0 Å². The van der Waals surface area contributed by atoms with Crippen LogP contribution in [0.3, 0.4) is 0 Å². The molecular formula is C16H17NO4S2. The summed E-state index contributed by atoms with van der Waals surface area (Å²) in [5.41, 5.74) is 1.63. The minimum absolute atomic E-state index is 0.00119. The molecule has 0 spiro atoms. The number of hydrogen-bond acceptors (Lipinski definition) is 4. The van der Waals surface area contributed by atoms with E-state index in [2.05, 4.69) is 0 Å². The minimum Gasteiger partial charge on any atom is -0.263 e. The van der Waals surface area contributed by atoms with Gasteiger partial charge in [0.15, 0.2) is 9.84 Å². The summed E-state index contributed by atoms with van der Waals surface area (Å²) in [5, 5.41) is 0. The number of benzene rings is 2. The predicted molar refractivity (Wildman–Crippen MR) is 88.8 cm³/mol. The lowest BCUT2D eigenvalue weighted by Crippen LogP contribution is -2.35. The van der Waals surface area contributed by atoms with Gasteiger partial charge >= 0.3 is 0 Å². The van der Waals surface area contributed by atoms with Crippen LogP contribution in [-0.2, 0) is 26.3 Å². The molecule has 1 atom stereocenters. The molecule has 2 aromatic carbocycles. The van der Waals surface area contributed by atoms with Crippen molar-refractivity contribution in [2.75, 3.05) is 10.6 Å². The first-order valence-electron chi connectivity index (χ1n) is 7.14. The Morgan fingerprint density at radius 2 is 1.61 bits per heavy atom. The molecule has 0 radical (unpaired) electrons. The van der Waals surface area contributed by atoms with Crippen molar-refractivity contribution in [3.8, 4) is 0 Å². The van der Waals surface area contributed by atoms with Gasteiger partial charge in [-0.05, 0) is 43.2 Å². The summed E-state index contributed by atoms with van der Waals surface area (Å²) in [5.74, 6) is 0. The first-order valence-corrected chi connectivity index (χ1v) is 10.5. The zero-order chi connectivity index (χ0) is 16.8. The highest BCUT2D eigenvalue weighted by Crippen LogP contribution is 2.36. The maximum absolute atomic E-state index is 13.0. The molecule has 0 amide bonds. The van der Waals surface area contributed by atoms with Crippen molar-refractivity contribution >= 4 is 25.5 Å². The first-order chi connectivity index (χ1) is 10.7. The molecule has 0 saturated carbocycles. The SMILES string of the molecule is CC1Cc2ccccc2N1S(=O)(=O)c1cccc(S(C)(=O)=O)c1. The predicted octanol–water partition coefficient (Wildman–Crippen LogP) is 2.23. The van der Waals surface area contributed by atoms with Crippen LogP contribution >= 0.6 is 0 Å². The first kappa shape index (κ1) is 16.0. The molecule has 0 aliphatic carbocycles. The van der Waals surface area contributed by atoms with Gasteiger partial charge in [-0.3, -0.25) is 4.31 Å². The highest BCUT2D eigenvalue weighted by Gasteiger charge is 2.36. The summed E-state index contributed by atoms with van der Waals surface area (Å²) in [6.45, 7) is 1.85. The van der Waals surface area contributed by atoms with Crippen LogP contribution in [0.5, 0.6) is 0 Å². The lowest BCUT2D eigenvalue weighted by Gasteiger charge is -2.24. The van der Waals surface area contributed by atoms with Gasteiger partial charge in [0.05, 0.1) is 15.5 Å². The summed E-state index contributed by atoms with van der Waals surface area (Å²) >= 11 is 0. The third-order valence-electron chi connectivity index (χ3n) is 3.94. The molecule has 0 aromatic heterocycles. The van der Waals surface area contributed by atoms with Crippen LogP contribution in [0.1, 0.15) is 12.5 Å². The number of anilines is 1. The second-order valence-corrected chi connectivity index (χ2v) is 9.56. The molecule has 23 heavy (non-hydrogen) atoms. The smallest absolute Gasteiger partial charge is 0.263 e. The van der Waals surface area contributed by atoms with Gasteiger partial charge in [-0.25, -0.2) is 16.8 Å². The lowest BCUT2D eigenvalue weighted by molar-refractivity contribution is 0.584. The number of sulfonamides is 1. The van der Waals surface area contributed by atoms with E-state index < -0.39 is 19.9 Å². The highest BCUT2D eigenvalue weighted by atomic mass is 32.2. The minimum atomic E-state index is -3.82. The Hall–Kier alpha value is -1.86. The van der Waals surface area contributed by atoms with Crippen molar-refractivity contribution in [1.29, 1.82) is 0 Å². The maximum atomic E-state index is 13.0. The number of sulfone groups is 1. The number of rotatable bonds is 3. The van der Waals surface area contributed by atoms with Gasteiger partial charge in [-0.2, -0.15) is 0 Å². The second-order valence-electron chi connectivity index (χ2n) is 5.73. The van der Waals surface area contributed by atoms with E-state index in [9.17, 15) is 16.8 Å². The molecular weight excluding hydrogens is 334 g/mol. The number of hydrogen-bond donors (Lipinski definition) is 0.